The number of para-hydroxylation sites is 1. The van der Waals surface area contributed by atoms with Crippen LogP contribution in [-0.4, -0.2) is 76.3 Å². The van der Waals surface area contributed by atoms with Crippen molar-refractivity contribution in [1.82, 2.24) is 24.5 Å². The smallest absolute Gasteiger partial charge is 0.455 e. The van der Waals surface area contributed by atoms with Crippen molar-refractivity contribution in [3.05, 3.63) is 48.7 Å². The lowest BCUT2D eigenvalue weighted by molar-refractivity contribution is -0.158. The molecule has 16 heteroatoms. The molecule has 0 amide bonds. The lowest BCUT2D eigenvalue weighted by Gasteiger charge is -2.22. The number of hydrogen-bond donors (Lipinski definition) is 6. The highest BCUT2D eigenvalue weighted by atomic mass is 31.2. The lowest BCUT2D eigenvalue weighted by Crippen LogP contribution is -2.43. The molecule has 5 rings (SSSR count). The number of rotatable bonds is 8. The maximum absolute atomic E-state index is 12.9. The monoisotopic (exact) mass is 533 g/mol. The van der Waals surface area contributed by atoms with Gasteiger partial charge in [0, 0.05) is 23.5 Å². The standard InChI is InChI=1S/C21H24N7O8P/c22-12(5-10-6-24-13-4-2-1-3-11(10)13)21(30)36-17-14(7-34-37(31,32)33)35-20(16(17)29)28-9-27-15-18(23)25-8-26-19(15)28/h1-4,6,8-9,12,14,16-17,20,24,29H,5,7,22H2,(H2,23,25,26)(H2,31,32,33)/t12-,14+,16+,17+,20+/m0/s1. The van der Waals surface area contributed by atoms with Gasteiger partial charge in [-0.05, 0) is 11.6 Å². The Morgan fingerprint density at radius 2 is 2.05 bits per heavy atom. The summed E-state index contributed by atoms with van der Waals surface area (Å²) in [5, 5.41) is 12.0. The molecular weight excluding hydrogens is 509 g/mol. The number of benzene rings is 1. The third-order valence-electron chi connectivity index (χ3n) is 6.05. The van der Waals surface area contributed by atoms with Crippen LogP contribution in [0.15, 0.2) is 43.1 Å². The number of nitrogens with zero attached hydrogens (tertiary/aromatic N) is 4. The van der Waals surface area contributed by atoms with Crippen molar-refractivity contribution in [2.75, 3.05) is 12.3 Å². The molecule has 0 unspecified atom stereocenters. The molecule has 1 aliphatic heterocycles. The second-order valence-electron chi connectivity index (χ2n) is 8.50. The average Bonchev–Trinajstić information content (AvgIpc) is 3.54. The maximum atomic E-state index is 12.9. The molecule has 0 saturated carbocycles. The molecule has 4 aromatic rings. The van der Waals surface area contributed by atoms with Crippen molar-refractivity contribution in [3.63, 3.8) is 0 Å². The minimum atomic E-state index is -4.89. The first-order valence-electron chi connectivity index (χ1n) is 11.1. The second kappa shape index (κ2) is 9.79. The van der Waals surface area contributed by atoms with Gasteiger partial charge in [-0.15, -0.1) is 0 Å². The molecule has 1 saturated heterocycles. The Hall–Kier alpha value is -3.43. The number of H-pyrrole nitrogens is 1. The van der Waals surface area contributed by atoms with E-state index in [1.807, 2.05) is 24.3 Å². The van der Waals surface area contributed by atoms with Crippen molar-refractivity contribution in [2.45, 2.75) is 37.0 Å². The summed E-state index contributed by atoms with van der Waals surface area (Å²) in [7, 11) is -4.89. The number of aliphatic hydroxyl groups is 1. The van der Waals surface area contributed by atoms with Crippen LogP contribution in [0.3, 0.4) is 0 Å². The number of aromatic nitrogens is 5. The summed E-state index contributed by atoms with van der Waals surface area (Å²) in [6.45, 7) is -0.683. The summed E-state index contributed by atoms with van der Waals surface area (Å²) in [4.78, 5) is 46.4. The van der Waals surface area contributed by atoms with Gasteiger partial charge in [0.2, 0.25) is 0 Å². The fourth-order valence-corrected chi connectivity index (χ4v) is 4.64. The molecule has 1 fully saturated rings. The number of ether oxygens (including phenoxy) is 2. The fraction of sp³-hybridized carbons (Fsp3) is 0.333. The molecule has 0 aliphatic carbocycles. The van der Waals surface area contributed by atoms with Crippen LogP contribution in [0.1, 0.15) is 11.8 Å². The fourth-order valence-electron chi connectivity index (χ4n) is 4.30. The number of hydrogen-bond acceptors (Lipinski definition) is 11. The summed E-state index contributed by atoms with van der Waals surface area (Å²) in [5.41, 5.74) is 14.1. The van der Waals surface area contributed by atoms with E-state index in [0.29, 0.717) is 0 Å². The number of nitrogens with two attached hydrogens (primary N) is 2. The molecule has 8 N–H and O–H groups in total. The molecule has 3 aromatic heterocycles. The Morgan fingerprint density at radius 1 is 1.27 bits per heavy atom. The van der Waals surface area contributed by atoms with E-state index >= 15 is 0 Å². The molecule has 0 bridgehead atoms. The van der Waals surface area contributed by atoms with Gasteiger partial charge in [-0.1, -0.05) is 18.2 Å². The minimum absolute atomic E-state index is 0.101. The largest absolute Gasteiger partial charge is 0.469 e. The van der Waals surface area contributed by atoms with E-state index in [4.69, 9.17) is 30.7 Å². The number of fused-ring (bicyclic) bond motifs is 2. The van der Waals surface area contributed by atoms with Gasteiger partial charge in [-0.3, -0.25) is 13.9 Å². The number of carbonyl (C=O) groups is 1. The van der Waals surface area contributed by atoms with Crippen molar-refractivity contribution in [2.24, 2.45) is 5.73 Å². The predicted octanol–water partition coefficient (Wildman–Crippen LogP) is -0.261. The van der Waals surface area contributed by atoms with Crippen molar-refractivity contribution in [1.29, 1.82) is 0 Å². The van der Waals surface area contributed by atoms with Crippen molar-refractivity contribution < 1.29 is 38.3 Å². The SMILES string of the molecule is Nc1ncnc2c1ncn2[C@@H]1O[C@H](COP(=O)(O)O)[C@@H](OC(=O)[C@@H](N)Cc2c[nH]c3ccccc23)[C@H]1O. The summed E-state index contributed by atoms with van der Waals surface area (Å²) >= 11 is 0. The van der Waals surface area contributed by atoms with E-state index in [9.17, 15) is 14.5 Å². The zero-order valence-electron chi connectivity index (χ0n) is 19.1. The van der Waals surface area contributed by atoms with Crippen molar-refractivity contribution >= 4 is 41.7 Å². The number of esters is 1. The Bertz CT molecular complexity index is 1490. The average molecular weight is 533 g/mol. The molecule has 15 nitrogen and oxygen atoms in total. The molecule has 1 aromatic carbocycles. The molecule has 4 heterocycles. The number of anilines is 1. The van der Waals surface area contributed by atoms with Gasteiger partial charge in [-0.2, -0.15) is 0 Å². The number of imidazole rings is 1. The zero-order chi connectivity index (χ0) is 26.3. The van der Waals surface area contributed by atoms with Gasteiger partial charge in [-0.25, -0.2) is 19.5 Å². The number of aromatic amines is 1. The second-order valence-corrected chi connectivity index (χ2v) is 9.74. The van der Waals surface area contributed by atoms with Crippen LogP contribution in [0.5, 0.6) is 0 Å². The van der Waals surface area contributed by atoms with Gasteiger partial charge in [0.25, 0.3) is 0 Å². The highest BCUT2D eigenvalue weighted by Crippen LogP contribution is 2.39. The highest BCUT2D eigenvalue weighted by molar-refractivity contribution is 7.46. The van der Waals surface area contributed by atoms with Crippen LogP contribution < -0.4 is 11.5 Å². The molecular formula is C21H24N7O8P. The number of aliphatic hydroxyl groups excluding tert-OH is 1. The van der Waals surface area contributed by atoms with Gasteiger partial charge in [0.15, 0.2) is 23.8 Å². The van der Waals surface area contributed by atoms with Gasteiger partial charge in [0.05, 0.1) is 12.9 Å². The van der Waals surface area contributed by atoms with E-state index < -0.39 is 51.0 Å². The summed E-state index contributed by atoms with van der Waals surface area (Å²) in [5.74, 6) is -0.745. The van der Waals surface area contributed by atoms with E-state index in [0.717, 1.165) is 16.5 Å². The summed E-state index contributed by atoms with van der Waals surface area (Å²) in [6.07, 6.45) is -0.944. The quantitative estimate of drug-likeness (QED) is 0.127. The van der Waals surface area contributed by atoms with E-state index in [-0.39, 0.29) is 23.4 Å². The van der Waals surface area contributed by atoms with Crippen LogP contribution in [0, 0.1) is 0 Å². The van der Waals surface area contributed by atoms with Crippen LogP contribution in [0.4, 0.5) is 5.82 Å². The number of nitrogens with one attached hydrogen (secondary N) is 1. The van der Waals surface area contributed by atoms with Gasteiger partial charge >= 0.3 is 13.8 Å². The maximum Gasteiger partial charge on any atom is 0.469 e. The first-order valence-corrected chi connectivity index (χ1v) is 12.6. The third-order valence-corrected chi connectivity index (χ3v) is 6.53. The molecule has 1 aliphatic rings. The van der Waals surface area contributed by atoms with Gasteiger partial charge in [0.1, 0.15) is 30.1 Å². The topological polar surface area (TPSA) is 234 Å². The van der Waals surface area contributed by atoms with Crippen LogP contribution >= 0.6 is 7.82 Å². The number of carbonyl (C=O) groups excluding carboxylic acids is 1. The van der Waals surface area contributed by atoms with E-state index in [2.05, 4.69) is 24.5 Å². The summed E-state index contributed by atoms with van der Waals surface area (Å²) in [6, 6.07) is 6.41. The number of nitrogen functional groups attached to an aromatic ring is 1. The Labute approximate surface area is 208 Å². The molecule has 196 valence electrons. The highest BCUT2D eigenvalue weighted by Gasteiger charge is 2.49. The number of phosphoric acid groups is 1. The minimum Gasteiger partial charge on any atom is -0.455 e. The normalized spacial score (nSPS) is 23.0. The van der Waals surface area contributed by atoms with E-state index in [1.165, 1.54) is 17.2 Å². The Balaban J connectivity index is 1.36. The Morgan fingerprint density at radius 3 is 2.84 bits per heavy atom. The van der Waals surface area contributed by atoms with Crippen LogP contribution in [0.25, 0.3) is 22.1 Å². The Kier molecular flexibility index (Phi) is 6.68. The molecule has 0 spiro atoms. The first-order chi connectivity index (χ1) is 17.6. The molecule has 37 heavy (non-hydrogen) atoms. The van der Waals surface area contributed by atoms with Crippen molar-refractivity contribution in [3.8, 4) is 0 Å². The third kappa shape index (κ3) is 5.06. The predicted molar refractivity (Wildman–Crippen MR) is 128 cm³/mol. The summed E-state index contributed by atoms with van der Waals surface area (Å²) < 4.78 is 28.5. The zero-order valence-corrected chi connectivity index (χ0v) is 20.0. The van der Waals surface area contributed by atoms with Crippen LogP contribution in [0.2, 0.25) is 0 Å². The van der Waals surface area contributed by atoms with Crippen LogP contribution in [-0.2, 0) is 29.8 Å². The first kappa shape index (κ1) is 25.2. The number of phosphoric ester groups is 1. The lowest BCUT2D eigenvalue weighted by atomic mass is 10.1. The van der Waals surface area contributed by atoms with E-state index in [1.54, 1.807) is 6.20 Å². The molecule has 0 radical (unpaired) electrons. The molecule has 5 atom stereocenters. The van der Waals surface area contributed by atoms with Gasteiger partial charge < -0.3 is 40.8 Å².